The van der Waals surface area contributed by atoms with Crippen molar-refractivity contribution < 1.29 is 8.78 Å². The lowest BCUT2D eigenvalue weighted by molar-refractivity contribution is 0.0226. The van der Waals surface area contributed by atoms with Crippen LogP contribution in [0.1, 0.15) is 18.1 Å². The van der Waals surface area contributed by atoms with Gasteiger partial charge in [0.1, 0.15) is 0 Å². The Morgan fingerprint density at radius 1 is 1.11 bits per heavy atom. The summed E-state index contributed by atoms with van der Waals surface area (Å²) >= 11 is 0. The third-order valence-corrected chi connectivity index (χ3v) is 3.15. The Balaban J connectivity index is 1.90. The van der Waals surface area contributed by atoms with Crippen LogP contribution in [0.25, 0.3) is 0 Å². The summed E-state index contributed by atoms with van der Waals surface area (Å²) in [5.74, 6) is -2.62. The Bertz CT molecular complexity index is 364. The van der Waals surface area contributed by atoms with Crippen LogP contribution in [0.3, 0.4) is 0 Å². The Labute approximate surface area is 107 Å². The molecule has 1 aliphatic heterocycles. The quantitative estimate of drug-likeness (QED) is 0.887. The molecule has 100 valence electrons. The van der Waals surface area contributed by atoms with Crippen LogP contribution in [-0.4, -0.2) is 37.0 Å². The number of hydrogen-bond acceptors (Lipinski definition) is 2. The Morgan fingerprint density at radius 3 is 2.22 bits per heavy atom. The van der Waals surface area contributed by atoms with Gasteiger partial charge in [0.25, 0.3) is 0 Å². The Kier molecular flexibility index (Phi) is 4.30. The van der Waals surface area contributed by atoms with Gasteiger partial charge in [-0.15, -0.1) is 0 Å². The average molecular weight is 254 g/mol. The zero-order valence-electron chi connectivity index (χ0n) is 10.8. The first kappa shape index (κ1) is 13.4. The van der Waals surface area contributed by atoms with E-state index in [4.69, 9.17) is 0 Å². The minimum atomic E-state index is -2.62. The van der Waals surface area contributed by atoms with E-state index in [0.717, 1.165) is 39.6 Å². The number of hydrogen-bond donors (Lipinski definition) is 1. The van der Waals surface area contributed by atoms with Crippen LogP contribution < -0.4 is 5.32 Å². The molecule has 1 aromatic rings. The lowest BCUT2D eigenvalue weighted by Gasteiger charge is -2.27. The van der Waals surface area contributed by atoms with E-state index in [1.165, 1.54) is 5.56 Å². The molecule has 0 aromatic heterocycles. The van der Waals surface area contributed by atoms with Crippen LogP contribution in [0.4, 0.5) is 8.78 Å². The van der Waals surface area contributed by atoms with E-state index in [-0.39, 0.29) is 6.42 Å². The van der Waals surface area contributed by atoms with Crippen molar-refractivity contribution >= 4 is 0 Å². The van der Waals surface area contributed by atoms with Crippen LogP contribution in [0, 0.1) is 0 Å². The molecule has 1 N–H and O–H groups in total. The zero-order chi connectivity index (χ0) is 13.0. The maximum atomic E-state index is 12.9. The molecule has 0 aliphatic carbocycles. The topological polar surface area (TPSA) is 15.3 Å². The van der Waals surface area contributed by atoms with Crippen LogP contribution >= 0.6 is 0 Å². The normalized spacial score (nSPS) is 17.9. The molecule has 0 amide bonds. The number of alkyl halides is 2. The number of nitrogens with one attached hydrogen (secondary N) is 1. The van der Waals surface area contributed by atoms with E-state index in [9.17, 15) is 8.78 Å². The molecule has 0 spiro atoms. The van der Waals surface area contributed by atoms with Crippen molar-refractivity contribution in [2.75, 3.05) is 26.2 Å². The van der Waals surface area contributed by atoms with Gasteiger partial charge in [0.05, 0.1) is 0 Å². The van der Waals surface area contributed by atoms with E-state index in [2.05, 4.69) is 10.2 Å². The zero-order valence-corrected chi connectivity index (χ0v) is 10.8. The molecule has 0 radical (unpaired) electrons. The first-order valence-corrected chi connectivity index (χ1v) is 6.42. The highest BCUT2D eigenvalue weighted by Crippen LogP contribution is 2.19. The van der Waals surface area contributed by atoms with Gasteiger partial charge >= 0.3 is 0 Å². The van der Waals surface area contributed by atoms with Crippen LogP contribution in [0.5, 0.6) is 0 Å². The van der Waals surface area contributed by atoms with E-state index in [0.29, 0.717) is 5.56 Å². The van der Waals surface area contributed by atoms with Crippen LogP contribution in [0.15, 0.2) is 24.3 Å². The fourth-order valence-corrected chi connectivity index (χ4v) is 2.25. The molecule has 1 aromatic carbocycles. The number of benzene rings is 1. The summed E-state index contributed by atoms with van der Waals surface area (Å²) in [5.41, 5.74) is 1.90. The van der Waals surface area contributed by atoms with E-state index in [1.54, 1.807) is 0 Å². The highest BCUT2D eigenvalue weighted by Gasteiger charge is 2.21. The second-order valence-electron chi connectivity index (χ2n) is 5.09. The van der Waals surface area contributed by atoms with Crippen molar-refractivity contribution in [3.05, 3.63) is 35.4 Å². The highest BCUT2D eigenvalue weighted by atomic mass is 19.3. The molecule has 0 bridgehead atoms. The molecule has 0 saturated carbocycles. The number of piperazine rings is 1. The van der Waals surface area contributed by atoms with Gasteiger partial charge in [0.15, 0.2) is 0 Å². The molecule has 1 saturated heterocycles. The minimum absolute atomic E-state index is 0.180. The summed E-state index contributed by atoms with van der Waals surface area (Å²) in [7, 11) is 0. The first-order chi connectivity index (χ1) is 8.53. The van der Waals surface area contributed by atoms with Crippen molar-refractivity contribution in [1.29, 1.82) is 0 Å². The molecule has 2 nitrogen and oxygen atoms in total. The lowest BCUT2D eigenvalue weighted by Crippen LogP contribution is -2.42. The maximum absolute atomic E-state index is 12.9. The van der Waals surface area contributed by atoms with E-state index < -0.39 is 5.92 Å². The predicted molar refractivity (Wildman–Crippen MR) is 68.9 cm³/mol. The Hall–Kier alpha value is -1.00. The summed E-state index contributed by atoms with van der Waals surface area (Å²) in [4.78, 5) is 2.37. The monoisotopic (exact) mass is 254 g/mol. The largest absolute Gasteiger partial charge is 0.314 e. The van der Waals surface area contributed by atoms with Gasteiger partial charge in [0.2, 0.25) is 5.92 Å². The summed E-state index contributed by atoms with van der Waals surface area (Å²) in [6, 6.07) is 7.55. The predicted octanol–water partition coefficient (Wildman–Crippen LogP) is 2.29. The third kappa shape index (κ3) is 4.35. The standard InChI is InChI=1S/C14H20F2N2/c1-14(15,16)10-12-2-4-13(5-3-12)11-18-8-6-17-7-9-18/h2-5,17H,6-11H2,1H3. The molecule has 0 atom stereocenters. The van der Waals surface area contributed by atoms with Gasteiger partial charge in [-0.3, -0.25) is 4.90 Å². The number of nitrogens with zero attached hydrogens (tertiary/aromatic N) is 1. The smallest absolute Gasteiger partial charge is 0.249 e. The van der Waals surface area contributed by atoms with Crippen molar-refractivity contribution in [3.63, 3.8) is 0 Å². The van der Waals surface area contributed by atoms with Gasteiger partial charge < -0.3 is 5.32 Å². The van der Waals surface area contributed by atoms with Crippen molar-refractivity contribution in [1.82, 2.24) is 10.2 Å². The molecule has 2 rings (SSSR count). The van der Waals surface area contributed by atoms with Crippen molar-refractivity contribution in [3.8, 4) is 0 Å². The SMILES string of the molecule is CC(F)(F)Cc1ccc(CN2CCNCC2)cc1. The van der Waals surface area contributed by atoms with Gasteiger partial charge in [-0.25, -0.2) is 8.78 Å². The van der Waals surface area contributed by atoms with Gasteiger partial charge in [0, 0.05) is 39.1 Å². The third-order valence-electron chi connectivity index (χ3n) is 3.15. The number of rotatable bonds is 4. The van der Waals surface area contributed by atoms with Gasteiger partial charge in [-0.05, 0) is 18.1 Å². The summed E-state index contributed by atoms with van der Waals surface area (Å²) < 4.78 is 25.7. The fourth-order valence-electron chi connectivity index (χ4n) is 2.25. The highest BCUT2D eigenvalue weighted by molar-refractivity contribution is 5.23. The van der Waals surface area contributed by atoms with E-state index >= 15 is 0 Å². The molecule has 1 fully saturated rings. The van der Waals surface area contributed by atoms with Crippen LogP contribution in [0.2, 0.25) is 0 Å². The van der Waals surface area contributed by atoms with Crippen LogP contribution in [-0.2, 0) is 13.0 Å². The van der Waals surface area contributed by atoms with E-state index in [1.807, 2.05) is 24.3 Å². The summed E-state index contributed by atoms with van der Waals surface area (Å²) in [6.07, 6.45) is -0.180. The summed E-state index contributed by atoms with van der Waals surface area (Å²) in [6.45, 7) is 6.02. The first-order valence-electron chi connectivity index (χ1n) is 6.42. The van der Waals surface area contributed by atoms with Crippen molar-refractivity contribution in [2.45, 2.75) is 25.8 Å². The van der Waals surface area contributed by atoms with Gasteiger partial charge in [-0.2, -0.15) is 0 Å². The molecule has 4 heteroatoms. The maximum Gasteiger partial charge on any atom is 0.249 e. The fraction of sp³-hybridized carbons (Fsp3) is 0.571. The molecule has 1 aliphatic rings. The summed E-state index contributed by atoms with van der Waals surface area (Å²) in [5, 5.41) is 3.31. The average Bonchev–Trinajstić information content (AvgIpc) is 2.31. The number of halogens is 2. The lowest BCUT2D eigenvalue weighted by atomic mass is 10.1. The van der Waals surface area contributed by atoms with Gasteiger partial charge in [-0.1, -0.05) is 24.3 Å². The minimum Gasteiger partial charge on any atom is -0.314 e. The van der Waals surface area contributed by atoms with Crippen molar-refractivity contribution in [2.24, 2.45) is 0 Å². The Morgan fingerprint density at radius 2 is 1.67 bits per heavy atom. The molecule has 0 unspecified atom stereocenters. The molecular weight excluding hydrogens is 234 g/mol. The molecule has 1 heterocycles. The second-order valence-corrected chi connectivity index (χ2v) is 5.09. The molecule has 18 heavy (non-hydrogen) atoms. The second kappa shape index (κ2) is 5.76. The molecular formula is C14H20F2N2.